The van der Waals surface area contributed by atoms with E-state index in [1.54, 1.807) is 6.92 Å². The van der Waals surface area contributed by atoms with Crippen molar-refractivity contribution in [2.24, 2.45) is 4.99 Å². The van der Waals surface area contributed by atoms with Crippen LogP contribution < -0.4 is 10.6 Å². The van der Waals surface area contributed by atoms with Gasteiger partial charge in [0, 0.05) is 18.8 Å². The molecule has 1 aromatic rings. The van der Waals surface area contributed by atoms with E-state index in [0.717, 1.165) is 19.5 Å². The minimum absolute atomic E-state index is 0. The van der Waals surface area contributed by atoms with E-state index in [2.05, 4.69) is 27.8 Å². The highest BCUT2D eigenvalue weighted by Crippen LogP contribution is 1.98. The number of benzene rings is 1. The Morgan fingerprint density at radius 2 is 1.82 bits per heavy atom. The Bertz CT molecular complexity index is 533. The fraction of sp³-hybridized carbons (Fsp3) is 0.533. The van der Waals surface area contributed by atoms with Gasteiger partial charge in [0.05, 0.1) is 12.3 Å². The maximum atomic E-state index is 11.4. The Hall–Kier alpha value is -0.830. The topological polar surface area (TPSA) is 70.6 Å². The predicted molar refractivity (Wildman–Crippen MR) is 104 cm³/mol. The third kappa shape index (κ3) is 9.24. The molecule has 0 saturated carbocycles. The third-order valence-corrected chi connectivity index (χ3v) is 4.69. The van der Waals surface area contributed by atoms with Gasteiger partial charge < -0.3 is 10.6 Å². The first kappa shape index (κ1) is 21.2. The van der Waals surface area contributed by atoms with Gasteiger partial charge in [0.2, 0.25) is 0 Å². The van der Waals surface area contributed by atoms with Gasteiger partial charge in [-0.1, -0.05) is 37.3 Å². The summed E-state index contributed by atoms with van der Waals surface area (Å²) in [7, 11) is -2.96. The summed E-state index contributed by atoms with van der Waals surface area (Å²) in [5.41, 5.74) is 1.26. The number of nitrogens with zero attached hydrogens (tertiary/aromatic N) is 1. The standard InChI is InChI=1S/C15H25N3O2S.HI/c1-3-16-15(18-12-13-21(19,20)4-2)17-11-10-14-8-6-5-7-9-14;/h5-9H,3-4,10-13H2,1-2H3,(H2,16,17,18);1H. The van der Waals surface area contributed by atoms with Crippen LogP contribution in [0.4, 0.5) is 0 Å². The van der Waals surface area contributed by atoms with Crippen molar-refractivity contribution < 1.29 is 8.42 Å². The van der Waals surface area contributed by atoms with E-state index in [9.17, 15) is 8.42 Å². The zero-order valence-electron chi connectivity index (χ0n) is 13.2. The monoisotopic (exact) mass is 439 g/mol. The van der Waals surface area contributed by atoms with E-state index < -0.39 is 9.84 Å². The summed E-state index contributed by atoms with van der Waals surface area (Å²) >= 11 is 0. The number of nitrogens with one attached hydrogen (secondary N) is 2. The highest BCUT2D eigenvalue weighted by atomic mass is 127. The van der Waals surface area contributed by atoms with Crippen molar-refractivity contribution in [2.45, 2.75) is 20.3 Å². The van der Waals surface area contributed by atoms with Crippen molar-refractivity contribution in [3.05, 3.63) is 35.9 Å². The van der Waals surface area contributed by atoms with Gasteiger partial charge in [0.15, 0.2) is 15.8 Å². The van der Waals surface area contributed by atoms with Gasteiger partial charge in [0.25, 0.3) is 0 Å². The molecule has 2 N–H and O–H groups in total. The molecule has 0 aliphatic carbocycles. The van der Waals surface area contributed by atoms with Gasteiger partial charge in [-0.2, -0.15) is 0 Å². The van der Waals surface area contributed by atoms with Gasteiger partial charge in [-0.25, -0.2) is 8.42 Å². The Morgan fingerprint density at radius 1 is 1.14 bits per heavy atom. The quantitative estimate of drug-likeness (QED) is 0.369. The lowest BCUT2D eigenvalue weighted by molar-refractivity contribution is 0.597. The van der Waals surface area contributed by atoms with E-state index in [0.29, 0.717) is 5.96 Å². The molecule has 0 aliphatic rings. The molecule has 0 aromatic heterocycles. The number of rotatable bonds is 8. The number of guanidine groups is 1. The highest BCUT2D eigenvalue weighted by molar-refractivity contribution is 14.0. The number of hydrogen-bond acceptors (Lipinski definition) is 3. The summed E-state index contributed by atoms with van der Waals surface area (Å²) in [6.45, 7) is 5.43. The number of aliphatic imine (C=N–C) groups is 1. The number of hydrogen-bond donors (Lipinski definition) is 2. The molecule has 0 heterocycles. The first-order chi connectivity index (χ1) is 10.1. The average molecular weight is 439 g/mol. The van der Waals surface area contributed by atoms with Gasteiger partial charge >= 0.3 is 0 Å². The van der Waals surface area contributed by atoms with Crippen LogP contribution in [-0.4, -0.2) is 45.5 Å². The molecule has 5 nitrogen and oxygen atoms in total. The molecule has 0 atom stereocenters. The molecule has 1 rings (SSSR count). The van der Waals surface area contributed by atoms with Gasteiger partial charge in [-0.05, 0) is 18.9 Å². The third-order valence-electron chi connectivity index (χ3n) is 3.01. The zero-order chi connectivity index (χ0) is 15.6. The molecule has 0 radical (unpaired) electrons. The van der Waals surface area contributed by atoms with Crippen molar-refractivity contribution in [3.8, 4) is 0 Å². The van der Waals surface area contributed by atoms with Crippen LogP contribution >= 0.6 is 24.0 Å². The molecule has 0 unspecified atom stereocenters. The van der Waals surface area contributed by atoms with Crippen molar-refractivity contribution in [1.82, 2.24) is 10.6 Å². The molecular weight excluding hydrogens is 413 g/mol. The maximum absolute atomic E-state index is 11.4. The van der Waals surface area contributed by atoms with E-state index in [1.807, 2.05) is 25.1 Å². The van der Waals surface area contributed by atoms with Crippen LogP contribution in [0.5, 0.6) is 0 Å². The average Bonchev–Trinajstić information content (AvgIpc) is 2.48. The van der Waals surface area contributed by atoms with Crippen LogP contribution in [0.3, 0.4) is 0 Å². The Morgan fingerprint density at radius 3 is 2.41 bits per heavy atom. The van der Waals surface area contributed by atoms with Crippen LogP contribution in [0.25, 0.3) is 0 Å². The molecule has 0 aliphatic heterocycles. The summed E-state index contributed by atoms with van der Waals surface area (Å²) in [4.78, 5) is 4.29. The first-order valence-electron chi connectivity index (χ1n) is 7.34. The van der Waals surface area contributed by atoms with Crippen LogP contribution in [0.15, 0.2) is 35.3 Å². The Kier molecular flexibility index (Phi) is 11.3. The second-order valence-corrected chi connectivity index (χ2v) is 7.13. The van der Waals surface area contributed by atoms with Gasteiger partial charge in [0.1, 0.15) is 0 Å². The fourth-order valence-corrected chi connectivity index (χ4v) is 2.41. The molecule has 0 fully saturated rings. The molecule has 7 heteroatoms. The number of sulfone groups is 1. The van der Waals surface area contributed by atoms with E-state index in [1.165, 1.54) is 5.56 Å². The molecular formula is C15H26IN3O2S. The summed E-state index contributed by atoms with van der Waals surface area (Å²) in [5, 5.41) is 6.33. The van der Waals surface area contributed by atoms with E-state index in [4.69, 9.17) is 0 Å². The Balaban J connectivity index is 0.00000441. The summed E-state index contributed by atoms with van der Waals surface area (Å²) < 4.78 is 22.9. The van der Waals surface area contributed by atoms with Crippen molar-refractivity contribution in [3.63, 3.8) is 0 Å². The fourth-order valence-electron chi connectivity index (χ4n) is 1.75. The second-order valence-electron chi connectivity index (χ2n) is 4.66. The normalized spacial score (nSPS) is 11.6. The predicted octanol–water partition coefficient (Wildman–Crippen LogP) is 1.84. The molecule has 0 amide bonds. The molecule has 0 spiro atoms. The molecule has 0 bridgehead atoms. The molecule has 126 valence electrons. The molecule has 1 aromatic carbocycles. The van der Waals surface area contributed by atoms with Crippen molar-refractivity contribution in [1.29, 1.82) is 0 Å². The second kappa shape index (κ2) is 11.7. The SMILES string of the molecule is CCNC(=NCCS(=O)(=O)CC)NCCc1ccccc1.I. The largest absolute Gasteiger partial charge is 0.357 e. The van der Waals surface area contributed by atoms with Crippen molar-refractivity contribution >= 4 is 39.8 Å². The Labute approximate surface area is 150 Å². The smallest absolute Gasteiger partial charge is 0.191 e. The van der Waals surface area contributed by atoms with Crippen LogP contribution in [0.2, 0.25) is 0 Å². The van der Waals surface area contributed by atoms with Crippen LogP contribution in [-0.2, 0) is 16.3 Å². The highest BCUT2D eigenvalue weighted by Gasteiger charge is 2.06. The van der Waals surface area contributed by atoms with Crippen LogP contribution in [0, 0.1) is 0 Å². The zero-order valence-corrected chi connectivity index (χ0v) is 16.4. The van der Waals surface area contributed by atoms with Crippen LogP contribution in [0.1, 0.15) is 19.4 Å². The molecule has 22 heavy (non-hydrogen) atoms. The lowest BCUT2D eigenvalue weighted by Gasteiger charge is -2.11. The van der Waals surface area contributed by atoms with Gasteiger partial charge in [-0.3, -0.25) is 4.99 Å². The molecule has 0 saturated heterocycles. The summed E-state index contributed by atoms with van der Waals surface area (Å²) in [5.74, 6) is 0.930. The maximum Gasteiger partial charge on any atom is 0.191 e. The lowest BCUT2D eigenvalue weighted by Crippen LogP contribution is -2.38. The summed E-state index contributed by atoms with van der Waals surface area (Å²) in [6.07, 6.45) is 0.901. The van der Waals surface area contributed by atoms with Gasteiger partial charge in [-0.15, -0.1) is 24.0 Å². The number of halogens is 1. The van der Waals surface area contributed by atoms with Crippen molar-refractivity contribution in [2.75, 3.05) is 31.1 Å². The minimum atomic E-state index is -2.96. The lowest BCUT2D eigenvalue weighted by atomic mass is 10.1. The minimum Gasteiger partial charge on any atom is -0.357 e. The van der Waals surface area contributed by atoms with E-state index >= 15 is 0 Å². The summed E-state index contributed by atoms with van der Waals surface area (Å²) in [6, 6.07) is 10.2. The first-order valence-corrected chi connectivity index (χ1v) is 9.16. The van der Waals surface area contributed by atoms with E-state index in [-0.39, 0.29) is 42.0 Å².